The minimum Gasteiger partial charge on any atom is -0.313 e. The summed E-state index contributed by atoms with van der Waals surface area (Å²) < 4.78 is 39.6. The molecule has 1 saturated carbocycles. The van der Waals surface area contributed by atoms with Crippen molar-refractivity contribution in [3.63, 3.8) is 0 Å². The van der Waals surface area contributed by atoms with Gasteiger partial charge in [-0.2, -0.15) is 13.2 Å². The Hall–Kier alpha value is -0.550. The van der Waals surface area contributed by atoms with Crippen LogP contribution in [0.5, 0.6) is 0 Å². The molecule has 1 N–H and O–H groups in total. The number of halogens is 4. The summed E-state index contributed by atoms with van der Waals surface area (Å²) in [4.78, 5) is 0. The first-order valence-corrected chi connectivity index (χ1v) is 8.16. The van der Waals surface area contributed by atoms with Gasteiger partial charge >= 0.3 is 6.18 Å². The molecular formula is C16H21BrF3N. The second-order valence-electron chi connectivity index (χ2n) is 6.03. The van der Waals surface area contributed by atoms with Crippen molar-refractivity contribution in [2.45, 2.75) is 44.8 Å². The highest BCUT2D eigenvalue weighted by Gasteiger charge is 2.33. The van der Waals surface area contributed by atoms with E-state index in [1.807, 2.05) is 7.05 Å². The Bertz CT molecular complexity index is 487. The zero-order valence-corrected chi connectivity index (χ0v) is 13.9. The Morgan fingerprint density at radius 1 is 1.29 bits per heavy atom. The Morgan fingerprint density at radius 3 is 2.57 bits per heavy atom. The molecule has 0 spiro atoms. The molecule has 118 valence electrons. The highest BCUT2D eigenvalue weighted by Crippen LogP contribution is 2.41. The van der Waals surface area contributed by atoms with E-state index in [2.05, 4.69) is 28.2 Å². The van der Waals surface area contributed by atoms with Crippen molar-refractivity contribution >= 4 is 15.9 Å². The van der Waals surface area contributed by atoms with Gasteiger partial charge in [-0.1, -0.05) is 35.7 Å². The fourth-order valence-electron chi connectivity index (χ4n) is 3.39. The van der Waals surface area contributed by atoms with Gasteiger partial charge in [0.1, 0.15) is 0 Å². The Morgan fingerprint density at radius 2 is 2.00 bits per heavy atom. The minimum absolute atomic E-state index is 0.0376. The molecule has 0 radical (unpaired) electrons. The second kappa shape index (κ2) is 6.69. The van der Waals surface area contributed by atoms with E-state index in [1.54, 1.807) is 0 Å². The van der Waals surface area contributed by atoms with E-state index in [0.717, 1.165) is 29.8 Å². The maximum absolute atomic E-state index is 12.9. The van der Waals surface area contributed by atoms with Crippen LogP contribution in [0.25, 0.3) is 0 Å². The maximum atomic E-state index is 12.9. The number of nitrogens with one attached hydrogen (secondary N) is 1. The SMILES string of the molecule is CNC(c1cc(C(F)(F)F)ccc1Br)C1CCCC(C)C1. The molecule has 0 bridgehead atoms. The number of alkyl halides is 3. The molecule has 1 fully saturated rings. The van der Waals surface area contributed by atoms with Gasteiger partial charge in [0.2, 0.25) is 0 Å². The van der Waals surface area contributed by atoms with Gasteiger partial charge in [0.15, 0.2) is 0 Å². The first-order chi connectivity index (χ1) is 9.82. The van der Waals surface area contributed by atoms with Crippen LogP contribution in [0.4, 0.5) is 13.2 Å². The van der Waals surface area contributed by atoms with Crippen LogP contribution in [0.3, 0.4) is 0 Å². The Labute approximate surface area is 132 Å². The fourth-order valence-corrected chi connectivity index (χ4v) is 3.88. The summed E-state index contributed by atoms with van der Waals surface area (Å²) in [6.07, 6.45) is 0.206. The van der Waals surface area contributed by atoms with Crippen molar-refractivity contribution in [2.24, 2.45) is 11.8 Å². The van der Waals surface area contributed by atoms with E-state index in [0.29, 0.717) is 17.4 Å². The normalized spacial score (nSPS) is 24.9. The standard InChI is InChI=1S/C16H21BrF3N/c1-10-4-3-5-11(8-10)15(21-2)13-9-12(16(18,19)20)6-7-14(13)17/h6-7,9-11,15,21H,3-5,8H2,1-2H3. The summed E-state index contributed by atoms with van der Waals surface area (Å²) in [6.45, 7) is 2.22. The third kappa shape index (κ3) is 4.01. The van der Waals surface area contributed by atoms with E-state index in [4.69, 9.17) is 0 Å². The van der Waals surface area contributed by atoms with Crippen LogP contribution in [-0.4, -0.2) is 7.05 Å². The molecular weight excluding hydrogens is 343 g/mol. The van der Waals surface area contributed by atoms with Crippen LogP contribution in [0.15, 0.2) is 22.7 Å². The molecule has 3 unspecified atom stereocenters. The van der Waals surface area contributed by atoms with Gasteiger partial charge in [-0.05, 0) is 55.5 Å². The molecule has 0 amide bonds. The van der Waals surface area contributed by atoms with Crippen molar-refractivity contribution < 1.29 is 13.2 Å². The molecule has 0 saturated heterocycles. The van der Waals surface area contributed by atoms with Crippen molar-refractivity contribution in [1.82, 2.24) is 5.32 Å². The van der Waals surface area contributed by atoms with E-state index >= 15 is 0 Å². The predicted octanol–water partition coefficient (Wildman–Crippen LogP) is 5.55. The summed E-state index contributed by atoms with van der Waals surface area (Å²) >= 11 is 3.41. The van der Waals surface area contributed by atoms with Crippen molar-refractivity contribution in [1.29, 1.82) is 0 Å². The largest absolute Gasteiger partial charge is 0.416 e. The van der Waals surface area contributed by atoms with Crippen LogP contribution in [-0.2, 0) is 6.18 Å². The minimum atomic E-state index is -4.30. The van der Waals surface area contributed by atoms with E-state index in [1.165, 1.54) is 18.6 Å². The number of rotatable bonds is 3. The molecule has 0 aliphatic heterocycles. The molecule has 1 aromatic rings. The summed E-state index contributed by atoms with van der Waals surface area (Å²) in [7, 11) is 1.83. The lowest BCUT2D eigenvalue weighted by atomic mass is 9.76. The third-order valence-electron chi connectivity index (χ3n) is 4.42. The lowest BCUT2D eigenvalue weighted by Crippen LogP contribution is -2.29. The third-order valence-corrected chi connectivity index (χ3v) is 5.14. The quantitative estimate of drug-likeness (QED) is 0.741. The molecule has 2 rings (SSSR count). The molecule has 1 aromatic carbocycles. The lowest BCUT2D eigenvalue weighted by Gasteiger charge is -2.34. The average Bonchev–Trinajstić information content (AvgIpc) is 2.40. The average molecular weight is 364 g/mol. The fraction of sp³-hybridized carbons (Fsp3) is 0.625. The van der Waals surface area contributed by atoms with Gasteiger partial charge < -0.3 is 5.32 Å². The monoisotopic (exact) mass is 363 g/mol. The molecule has 1 aliphatic rings. The molecule has 3 atom stereocenters. The Kier molecular flexibility index (Phi) is 5.36. The molecule has 0 heterocycles. The second-order valence-corrected chi connectivity index (χ2v) is 6.89. The van der Waals surface area contributed by atoms with Gasteiger partial charge in [-0.25, -0.2) is 0 Å². The van der Waals surface area contributed by atoms with Crippen LogP contribution in [0.1, 0.15) is 49.8 Å². The summed E-state index contributed by atoms with van der Waals surface area (Å²) in [6, 6.07) is 3.88. The van der Waals surface area contributed by atoms with Crippen molar-refractivity contribution in [3.8, 4) is 0 Å². The van der Waals surface area contributed by atoms with Crippen molar-refractivity contribution in [2.75, 3.05) is 7.05 Å². The topological polar surface area (TPSA) is 12.0 Å². The van der Waals surface area contributed by atoms with Gasteiger partial charge in [-0.3, -0.25) is 0 Å². The lowest BCUT2D eigenvalue weighted by molar-refractivity contribution is -0.137. The van der Waals surface area contributed by atoms with E-state index in [9.17, 15) is 13.2 Å². The van der Waals surface area contributed by atoms with E-state index < -0.39 is 11.7 Å². The van der Waals surface area contributed by atoms with Crippen LogP contribution in [0.2, 0.25) is 0 Å². The number of hydrogen-bond acceptors (Lipinski definition) is 1. The van der Waals surface area contributed by atoms with E-state index in [-0.39, 0.29) is 6.04 Å². The highest BCUT2D eigenvalue weighted by molar-refractivity contribution is 9.10. The van der Waals surface area contributed by atoms with Gasteiger partial charge in [-0.15, -0.1) is 0 Å². The number of benzene rings is 1. The predicted molar refractivity (Wildman–Crippen MR) is 82.1 cm³/mol. The first-order valence-electron chi connectivity index (χ1n) is 7.36. The van der Waals surface area contributed by atoms with Crippen LogP contribution in [0, 0.1) is 11.8 Å². The zero-order chi connectivity index (χ0) is 15.6. The van der Waals surface area contributed by atoms with Crippen LogP contribution < -0.4 is 5.32 Å². The van der Waals surface area contributed by atoms with Gasteiger partial charge in [0.25, 0.3) is 0 Å². The number of hydrogen-bond donors (Lipinski definition) is 1. The maximum Gasteiger partial charge on any atom is 0.416 e. The zero-order valence-electron chi connectivity index (χ0n) is 12.3. The Balaban J connectivity index is 2.32. The summed E-state index contributed by atoms with van der Waals surface area (Å²) in [5.41, 5.74) is 0.135. The summed E-state index contributed by atoms with van der Waals surface area (Å²) in [5, 5.41) is 3.23. The smallest absolute Gasteiger partial charge is 0.313 e. The molecule has 21 heavy (non-hydrogen) atoms. The van der Waals surface area contributed by atoms with Gasteiger partial charge in [0.05, 0.1) is 5.56 Å². The van der Waals surface area contributed by atoms with Gasteiger partial charge in [0, 0.05) is 10.5 Å². The summed E-state index contributed by atoms with van der Waals surface area (Å²) in [5.74, 6) is 1.03. The molecule has 1 nitrogen and oxygen atoms in total. The highest BCUT2D eigenvalue weighted by atomic mass is 79.9. The molecule has 5 heteroatoms. The molecule has 1 aliphatic carbocycles. The first kappa shape index (κ1) is 16.8. The van der Waals surface area contributed by atoms with Crippen molar-refractivity contribution in [3.05, 3.63) is 33.8 Å². The van der Waals surface area contributed by atoms with Crippen LogP contribution >= 0.6 is 15.9 Å². The molecule has 0 aromatic heterocycles.